The van der Waals surface area contributed by atoms with Gasteiger partial charge in [-0.2, -0.15) is 0 Å². The molecule has 1 atom stereocenters. The number of nitrogens with zero attached hydrogens (tertiary/aromatic N) is 1. The number of furan rings is 1. The first kappa shape index (κ1) is 16.3. The lowest BCUT2D eigenvalue weighted by molar-refractivity contribution is -0.122. The number of aryl methyl sites for hydroxylation is 1. The van der Waals surface area contributed by atoms with E-state index in [-0.39, 0.29) is 18.2 Å². The van der Waals surface area contributed by atoms with Crippen molar-refractivity contribution in [3.05, 3.63) is 54.0 Å². The Labute approximate surface area is 143 Å². The van der Waals surface area contributed by atoms with Crippen molar-refractivity contribution in [3.63, 3.8) is 0 Å². The molecule has 1 aliphatic rings. The molecule has 6 nitrogen and oxygen atoms in total. The molecule has 1 fully saturated rings. The maximum absolute atomic E-state index is 12.2. The Morgan fingerprint density at radius 2 is 2.17 bits per heavy atom. The number of carbonyl (C=O) groups excluding carboxylic acids is 2. The second-order valence-electron chi connectivity index (χ2n) is 5.36. The van der Waals surface area contributed by atoms with Crippen molar-refractivity contribution in [2.24, 2.45) is 4.99 Å². The second-order valence-corrected chi connectivity index (χ2v) is 6.56. The van der Waals surface area contributed by atoms with Gasteiger partial charge in [-0.15, -0.1) is 0 Å². The summed E-state index contributed by atoms with van der Waals surface area (Å²) in [4.78, 5) is 28.4. The van der Waals surface area contributed by atoms with E-state index in [1.54, 1.807) is 12.3 Å². The van der Waals surface area contributed by atoms with Crippen LogP contribution < -0.4 is 10.6 Å². The Bertz CT molecular complexity index is 771. The van der Waals surface area contributed by atoms with E-state index < -0.39 is 5.25 Å². The summed E-state index contributed by atoms with van der Waals surface area (Å²) in [6.45, 7) is 2.28. The zero-order valence-corrected chi connectivity index (χ0v) is 13.9. The minimum atomic E-state index is -0.468. The van der Waals surface area contributed by atoms with Crippen LogP contribution in [0.1, 0.15) is 17.7 Å². The molecule has 24 heavy (non-hydrogen) atoms. The number of para-hydroxylation sites is 1. The molecule has 2 aromatic rings. The number of nitrogens with one attached hydrogen (secondary N) is 2. The summed E-state index contributed by atoms with van der Waals surface area (Å²) in [7, 11) is 0. The van der Waals surface area contributed by atoms with Crippen molar-refractivity contribution < 1.29 is 14.0 Å². The molecule has 0 saturated carbocycles. The molecular formula is C17H17N3O3S. The lowest BCUT2D eigenvalue weighted by Crippen LogP contribution is -2.28. The lowest BCUT2D eigenvalue weighted by atomic mass is 10.2. The molecule has 124 valence electrons. The van der Waals surface area contributed by atoms with E-state index in [4.69, 9.17) is 4.42 Å². The third-order valence-electron chi connectivity index (χ3n) is 3.53. The van der Waals surface area contributed by atoms with Gasteiger partial charge in [0.25, 0.3) is 0 Å². The van der Waals surface area contributed by atoms with Crippen molar-refractivity contribution in [2.75, 3.05) is 5.32 Å². The second kappa shape index (κ2) is 7.35. The van der Waals surface area contributed by atoms with Gasteiger partial charge < -0.3 is 15.1 Å². The monoisotopic (exact) mass is 343 g/mol. The SMILES string of the molecule is Cc1ccccc1NC(=O)C[C@H]1SC(=NCc2ccco2)NC1=O. The van der Waals surface area contributed by atoms with E-state index >= 15 is 0 Å². The fourth-order valence-electron chi connectivity index (χ4n) is 2.25. The first-order chi connectivity index (χ1) is 11.6. The van der Waals surface area contributed by atoms with Crippen LogP contribution in [0.5, 0.6) is 0 Å². The Morgan fingerprint density at radius 1 is 1.33 bits per heavy atom. The summed E-state index contributed by atoms with van der Waals surface area (Å²) >= 11 is 1.27. The van der Waals surface area contributed by atoms with Gasteiger partial charge in [0.15, 0.2) is 5.17 Å². The van der Waals surface area contributed by atoms with Gasteiger partial charge in [0.1, 0.15) is 11.0 Å². The van der Waals surface area contributed by atoms with Gasteiger partial charge in [-0.3, -0.25) is 14.6 Å². The molecule has 0 aliphatic carbocycles. The average Bonchev–Trinajstić information content (AvgIpc) is 3.18. The van der Waals surface area contributed by atoms with Crippen LogP contribution in [0.2, 0.25) is 0 Å². The number of amidine groups is 1. The normalized spacial score (nSPS) is 18.6. The van der Waals surface area contributed by atoms with E-state index in [9.17, 15) is 9.59 Å². The number of hydrogen-bond acceptors (Lipinski definition) is 5. The summed E-state index contributed by atoms with van der Waals surface area (Å²) in [6.07, 6.45) is 1.68. The summed E-state index contributed by atoms with van der Waals surface area (Å²) in [5.74, 6) is 0.334. The molecule has 1 aliphatic heterocycles. The first-order valence-corrected chi connectivity index (χ1v) is 8.39. The lowest BCUT2D eigenvalue weighted by Gasteiger charge is -2.09. The van der Waals surface area contributed by atoms with E-state index in [1.165, 1.54) is 11.8 Å². The van der Waals surface area contributed by atoms with Gasteiger partial charge in [0, 0.05) is 12.1 Å². The summed E-state index contributed by atoms with van der Waals surface area (Å²) in [5, 5.41) is 5.59. The van der Waals surface area contributed by atoms with Crippen LogP contribution >= 0.6 is 11.8 Å². The smallest absolute Gasteiger partial charge is 0.240 e. The van der Waals surface area contributed by atoms with Crippen molar-refractivity contribution in [3.8, 4) is 0 Å². The number of thioether (sulfide) groups is 1. The molecular weight excluding hydrogens is 326 g/mol. The standard InChI is InChI=1S/C17H17N3O3S/c1-11-5-2-3-7-13(11)19-15(21)9-14-16(22)20-17(24-14)18-10-12-6-4-8-23-12/h2-8,14H,9-10H2,1H3,(H,19,21)(H,18,20,22)/t14-/m1/s1. The average molecular weight is 343 g/mol. The van der Waals surface area contributed by atoms with Gasteiger partial charge >= 0.3 is 0 Å². The fraction of sp³-hybridized carbons (Fsp3) is 0.235. The molecule has 0 unspecified atom stereocenters. The highest BCUT2D eigenvalue weighted by Gasteiger charge is 2.32. The fourth-order valence-corrected chi connectivity index (χ4v) is 3.22. The van der Waals surface area contributed by atoms with Gasteiger partial charge in [0.05, 0.1) is 12.8 Å². The van der Waals surface area contributed by atoms with Gasteiger partial charge in [-0.05, 0) is 30.7 Å². The van der Waals surface area contributed by atoms with Crippen LogP contribution in [0.25, 0.3) is 0 Å². The highest BCUT2D eigenvalue weighted by atomic mass is 32.2. The zero-order chi connectivity index (χ0) is 16.9. The molecule has 1 aromatic carbocycles. The van der Waals surface area contributed by atoms with Crippen LogP contribution in [0.4, 0.5) is 5.69 Å². The van der Waals surface area contributed by atoms with E-state index in [2.05, 4.69) is 15.6 Å². The molecule has 2 heterocycles. The summed E-state index contributed by atoms with van der Waals surface area (Å²) in [6, 6.07) is 11.1. The highest BCUT2D eigenvalue weighted by molar-refractivity contribution is 8.15. The molecule has 1 saturated heterocycles. The third kappa shape index (κ3) is 4.05. The van der Waals surface area contributed by atoms with Crippen LogP contribution in [-0.2, 0) is 16.1 Å². The number of rotatable bonds is 5. The number of anilines is 1. The van der Waals surface area contributed by atoms with Crippen LogP contribution in [0.15, 0.2) is 52.1 Å². The van der Waals surface area contributed by atoms with Gasteiger partial charge in [-0.25, -0.2) is 0 Å². The number of benzene rings is 1. The van der Waals surface area contributed by atoms with Crippen LogP contribution in [-0.4, -0.2) is 22.2 Å². The number of carbonyl (C=O) groups is 2. The Balaban J connectivity index is 1.55. The molecule has 0 spiro atoms. The Kier molecular flexibility index (Phi) is 5.00. The maximum Gasteiger partial charge on any atom is 0.240 e. The predicted octanol–water partition coefficient (Wildman–Crippen LogP) is 2.70. The molecule has 0 radical (unpaired) electrons. The third-order valence-corrected chi connectivity index (χ3v) is 4.64. The molecule has 7 heteroatoms. The first-order valence-electron chi connectivity index (χ1n) is 7.51. The van der Waals surface area contributed by atoms with Crippen LogP contribution in [0, 0.1) is 6.92 Å². The maximum atomic E-state index is 12.2. The largest absolute Gasteiger partial charge is 0.467 e. The molecule has 3 rings (SSSR count). The topological polar surface area (TPSA) is 83.7 Å². The molecule has 2 amide bonds. The molecule has 0 bridgehead atoms. The van der Waals surface area contributed by atoms with Gasteiger partial charge in [0.2, 0.25) is 11.8 Å². The zero-order valence-electron chi connectivity index (χ0n) is 13.1. The highest BCUT2D eigenvalue weighted by Crippen LogP contribution is 2.24. The summed E-state index contributed by atoms with van der Waals surface area (Å²) in [5.41, 5.74) is 1.74. The number of aliphatic imine (C=N–C) groups is 1. The molecule has 2 N–H and O–H groups in total. The van der Waals surface area contributed by atoms with Crippen molar-refractivity contribution in [2.45, 2.75) is 25.1 Å². The van der Waals surface area contributed by atoms with Crippen molar-refractivity contribution in [1.29, 1.82) is 0 Å². The van der Waals surface area contributed by atoms with Crippen molar-refractivity contribution in [1.82, 2.24) is 5.32 Å². The number of amides is 2. The number of hydrogen-bond donors (Lipinski definition) is 2. The summed E-state index contributed by atoms with van der Waals surface area (Å²) < 4.78 is 5.20. The Morgan fingerprint density at radius 3 is 2.92 bits per heavy atom. The van der Waals surface area contributed by atoms with E-state index in [1.807, 2.05) is 37.3 Å². The predicted molar refractivity (Wildman–Crippen MR) is 93.8 cm³/mol. The van der Waals surface area contributed by atoms with Crippen LogP contribution in [0.3, 0.4) is 0 Å². The van der Waals surface area contributed by atoms with Gasteiger partial charge in [-0.1, -0.05) is 30.0 Å². The quantitative estimate of drug-likeness (QED) is 0.874. The Hall–Kier alpha value is -2.54. The van der Waals surface area contributed by atoms with E-state index in [0.29, 0.717) is 11.7 Å². The molecule has 1 aromatic heterocycles. The van der Waals surface area contributed by atoms with E-state index in [0.717, 1.165) is 17.0 Å². The minimum Gasteiger partial charge on any atom is -0.467 e. The van der Waals surface area contributed by atoms with Crippen molar-refractivity contribution >= 4 is 34.4 Å². The minimum absolute atomic E-state index is 0.102.